The highest BCUT2D eigenvalue weighted by Gasteiger charge is 2.48. The summed E-state index contributed by atoms with van der Waals surface area (Å²) in [6.07, 6.45) is 3.00. The van der Waals surface area contributed by atoms with Crippen molar-refractivity contribution in [2.75, 3.05) is 13.2 Å². The molecule has 0 spiro atoms. The van der Waals surface area contributed by atoms with Gasteiger partial charge < -0.3 is 20.3 Å². The van der Waals surface area contributed by atoms with E-state index in [0.717, 1.165) is 18.4 Å². The maximum Gasteiger partial charge on any atom is 0.255 e. The Bertz CT molecular complexity index is 937. The Morgan fingerprint density at radius 3 is 2.52 bits per heavy atom. The molecule has 2 aliphatic heterocycles. The van der Waals surface area contributed by atoms with Gasteiger partial charge in [-0.25, -0.2) is 4.39 Å². The number of nitrogens with zero attached hydrogens (tertiary/aromatic N) is 1. The summed E-state index contributed by atoms with van der Waals surface area (Å²) in [7, 11) is 0. The SMILES string of the molecule is CCOc1cc(CN2C3CCC2CC(O)(c2ccccc2F)C3)ccc1OCC(N)=O. The van der Waals surface area contributed by atoms with Crippen LogP contribution in [0.3, 0.4) is 0 Å². The van der Waals surface area contributed by atoms with Crippen molar-refractivity contribution in [3.63, 3.8) is 0 Å². The number of amides is 1. The van der Waals surface area contributed by atoms with E-state index in [1.165, 1.54) is 6.07 Å². The molecule has 0 aromatic heterocycles. The van der Waals surface area contributed by atoms with Crippen molar-refractivity contribution in [3.8, 4) is 11.5 Å². The number of fused-ring (bicyclic) bond motifs is 2. The number of hydrogen-bond donors (Lipinski definition) is 2. The van der Waals surface area contributed by atoms with Gasteiger partial charge in [-0.15, -0.1) is 0 Å². The Balaban J connectivity index is 1.50. The zero-order chi connectivity index (χ0) is 22.0. The van der Waals surface area contributed by atoms with Gasteiger partial charge in [-0.2, -0.15) is 0 Å². The van der Waals surface area contributed by atoms with Crippen LogP contribution in [-0.4, -0.2) is 41.2 Å². The first-order chi connectivity index (χ1) is 14.9. The molecule has 0 radical (unpaired) electrons. The van der Waals surface area contributed by atoms with E-state index in [1.807, 2.05) is 19.1 Å². The molecule has 1 amide bonds. The lowest BCUT2D eigenvalue weighted by Crippen LogP contribution is -2.49. The summed E-state index contributed by atoms with van der Waals surface area (Å²) in [5, 5.41) is 11.3. The lowest BCUT2D eigenvalue weighted by Gasteiger charge is -2.44. The molecule has 0 aliphatic carbocycles. The van der Waals surface area contributed by atoms with Gasteiger partial charge in [-0.05, 0) is 56.4 Å². The first-order valence-corrected chi connectivity index (χ1v) is 10.8. The van der Waals surface area contributed by atoms with Gasteiger partial charge in [-0.3, -0.25) is 9.69 Å². The van der Waals surface area contributed by atoms with Crippen molar-refractivity contribution >= 4 is 5.91 Å². The molecule has 2 unspecified atom stereocenters. The smallest absolute Gasteiger partial charge is 0.255 e. The molecule has 2 aromatic rings. The molecule has 166 valence electrons. The topological polar surface area (TPSA) is 85.0 Å². The van der Waals surface area contributed by atoms with Crippen LogP contribution < -0.4 is 15.2 Å². The van der Waals surface area contributed by atoms with Crippen LogP contribution in [0.25, 0.3) is 0 Å². The zero-order valence-electron chi connectivity index (χ0n) is 17.7. The fourth-order valence-corrected chi connectivity index (χ4v) is 5.03. The third-order valence-electron chi connectivity index (χ3n) is 6.34. The molecular formula is C24H29FN2O4. The zero-order valence-corrected chi connectivity index (χ0v) is 17.7. The van der Waals surface area contributed by atoms with E-state index in [1.54, 1.807) is 24.3 Å². The van der Waals surface area contributed by atoms with Gasteiger partial charge >= 0.3 is 0 Å². The first-order valence-electron chi connectivity index (χ1n) is 10.8. The average Bonchev–Trinajstić information content (AvgIpc) is 2.97. The van der Waals surface area contributed by atoms with Crippen LogP contribution in [0.1, 0.15) is 43.7 Å². The minimum atomic E-state index is -1.13. The molecule has 2 heterocycles. The molecule has 2 aromatic carbocycles. The Morgan fingerprint density at radius 1 is 1.16 bits per heavy atom. The van der Waals surface area contributed by atoms with Gasteiger partial charge in [0.1, 0.15) is 5.82 Å². The summed E-state index contributed by atoms with van der Waals surface area (Å²) in [5.41, 5.74) is 5.51. The van der Waals surface area contributed by atoms with Gasteiger partial charge in [-0.1, -0.05) is 24.3 Å². The predicted molar refractivity (Wildman–Crippen MR) is 114 cm³/mol. The largest absolute Gasteiger partial charge is 0.490 e. The van der Waals surface area contributed by atoms with Crippen molar-refractivity contribution in [3.05, 3.63) is 59.4 Å². The number of ether oxygens (including phenoxy) is 2. The van der Waals surface area contributed by atoms with Gasteiger partial charge in [0.15, 0.2) is 18.1 Å². The molecule has 2 bridgehead atoms. The highest BCUT2D eigenvalue weighted by Crippen LogP contribution is 2.47. The average molecular weight is 429 g/mol. The first kappa shape index (κ1) is 21.6. The normalized spacial score (nSPS) is 25.4. The Labute approximate surface area is 181 Å². The van der Waals surface area contributed by atoms with Crippen molar-refractivity contribution in [2.24, 2.45) is 5.73 Å². The van der Waals surface area contributed by atoms with E-state index >= 15 is 0 Å². The molecule has 4 rings (SSSR count). The number of aliphatic hydroxyl groups is 1. The van der Waals surface area contributed by atoms with Crippen LogP contribution >= 0.6 is 0 Å². The number of primary amides is 1. The summed E-state index contributed by atoms with van der Waals surface area (Å²) < 4.78 is 25.5. The molecule has 7 heteroatoms. The molecule has 0 saturated carbocycles. The highest BCUT2D eigenvalue weighted by molar-refractivity contribution is 5.75. The van der Waals surface area contributed by atoms with Crippen molar-refractivity contribution < 1.29 is 23.8 Å². The minimum Gasteiger partial charge on any atom is -0.490 e. The maximum absolute atomic E-state index is 14.4. The predicted octanol–water partition coefficient (Wildman–Crippen LogP) is 3.10. The summed E-state index contributed by atoms with van der Waals surface area (Å²) >= 11 is 0. The van der Waals surface area contributed by atoms with Crippen molar-refractivity contribution in [1.29, 1.82) is 0 Å². The molecule has 2 atom stereocenters. The van der Waals surface area contributed by atoms with Gasteiger partial charge in [0, 0.05) is 24.2 Å². The summed E-state index contributed by atoms with van der Waals surface area (Å²) in [6, 6.07) is 12.6. The summed E-state index contributed by atoms with van der Waals surface area (Å²) in [5.74, 6) is 0.179. The summed E-state index contributed by atoms with van der Waals surface area (Å²) in [6.45, 7) is 2.86. The Kier molecular flexibility index (Phi) is 6.16. The maximum atomic E-state index is 14.4. The minimum absolute atomic E-state index is 0.185. The summed E-state index contributed by atoms with van der Waals surface area (Å²) in [4.78, 5) is 13.4. The Hall–Kier alpha value is -2.64. The van der Waals surface area contributed by atoms with Crippen LogP contribution in [-0.2, 0) is 16.9 Å². The third-order valence-corrected chi connectivity index (χ3v) is 6.34. The van der Waals surface area contributed by atoms with Crippen LogP contribution in [0.4, 0.5) is 4.39 Å². The fourth-order valence-electron chi connectivity index (χ4n) is 5.03. The second-order valence-corrected chi connectivity index (χ2v) is 8.45. The lowest BCUT2D eigenvalue weighted by atomic mass is 9.80. The molecule has 31 heavy (non-hydrogen) atoms. The number of halogens is 1. The quantitative estimate of drug-likeness (QED) is 0.675. The van der Waals surface area contributed by atoms with Crippen LogP contribution in [0, 0.1) is 5.82 Å². The molecule has 2 aliphatic rings. The number of piperidine rings is 1. The molecule has 2 saturated heterocycles. The highest BCUT2D eigenvalue weighted by atomic mass is 19.1. The second kappa shape index (κ2) is 8.85. The number of hydrogen-bond acceptors (Lipinski definition) is 5. The van der Waals surface area contributed by atoms with E-state index < -0.39 is 11.5 Å². The number of carbonyl (C=O) groups excluding carboxylic acids is 1. The van der Waals surface area contributed by atoms with Crippen LogP contribution in [0.2, 0.25) is 0 Å². The fraction of sp³-hybridized carbons (Fsp3) is 0.458. The number of carbonyl (C=O) groups is 1. The number of benzene rings is 2. The second-order valence-electron chi connectivity index (χ2n) is 8.45. The lowest BCUT2D eigenvalue weighted by molar-refractivity contribution is -0.119. The molecule has 3 N–H and O–H groups in total. The number of nitrogens with two attached hydrogens (primary N) is 1. The van der Waals surface area contributed by atoms with Gasteiger partial charge in [0.25, 0.3) is 5.91 Å². The Morgan fingerprint density at radius 2 is 1.87 bits per heavy atom. The van der Waals surface area contributed by atoms with Gasteiger partial charge in [0.2, 0.25) is 0 Å². The number of rotatable bonds is 8. The van der Waals surface area contributed by atoms with E-state index in [2.05, 4.69) is 4.90 Å². The van der Waals surface area contributed by atoms with E-state index in [-0.39, 0.29) is 24.5 Å². The van der Waals surface area contributed by atoms with Crippen LogP contribution in [0.5, 0.6) is 11.5 Å². The molecular weight excluding hydrogens is 399 g/mol. The van der Waals surface area contributed by atoms with E-state index in [4.69, 9.17) is 15.2 Å². The molecule has 6 nitrogen and oxygen atoms in total. The van der Waals surface area contributed by atoms with Crippen molar-refractivity contribution in [2.45, 2.75) is 56.8 Å². The third kappa shape index (κ3) is 4.52. The molecule has 2 fully saturated rings. The monoisotopic (exact) mass is 428 g/mol. The van der Waals surface area contributed by atoms with E-state index in [9.17, 15) is 14.3 Å². The van der Waals surface area contributed by atoms with E-state index in [0.29, 0.717) is 43.1 Å². The standard InChI is InChI=1S/C24H29FN2O4/c1-2-30-22-11-16(7-10-21(22)31-15-23(26)28)14-27-17-8-9-18(27)13-24(29,12-17)19-5-3-4-6-20(19)25/h3-7,10-11,17-18,29H,2,8-9,12-15H2,1H3,(H2,26,28). The van der Waals surface area contributed by atoms with Gasteiger partial charge in [0.05, 0.1) is 12.2 Å². The van der Waals surface area contributed by atoms with Crippen molar-refractivity contribution in [1.82, 2.24) is 4.90 Å². The van der Waals surface area contributed by atoms with Crippen LogP contribution in [0.15, 0.2) is 42.5 Å².